The molecule has 0 saturated carbocycles. The summed E-state index contributed by atoms with van der Waals surface area (Å²) in [4.78, 5) is 77.3. The van der Waals surface area contributed by atoms with Crippen molar-refractivity contribution in [2.45, 2.75) is 110 Å². The molecule has 5 heterocycles. The van der Waals surface area contributed by atoms with Crippen LogP contribution in [0.25, 0.3) is 33.3 Å². The summed E-state index contributed by atoms with van der Waals surface area (Å²) in [6.45, 7) is 15.3. The Hall–Kier alpha value is -6.06. The van der Waals surface area contributed by atoms with Crippen molar-refractivity contribution in [2.75, 3.05) is 40.4 Å². The van der Waals surface area contributed by atoms with Gasteiger partial charge in [0, 0.05) is 86.1 Å². The summed E-state index contributed by atoms with van der Waals surface area (Å²) < 4.78 is 14.5. The molecule has 15 nitrogen and oxygen atoms in total. The van der Waals surface area contributed by atoms with Crippen LogP contribution in [0.3, 0.4) is 0 Å². The third-order valence-electron chi connectivity index (χ3n) is 14.1. The number of carbonyl (C=O) groups excluding carboxylic acids is 5. The number of aromatic hydroxyl groups is 1. The fourth-order valence-electron chi connectivity index (χ4n) is 10.8. The van der Waals surface area contributed by atoms with Gasteiger partial charge in [-0.1, -0.05) is 46.4 Å². The van der Waals surface area contributed by atoms with E-state index in [0.29, 0.717) is 44.3 Å². The summed E-state index contributed by atoms with van der Waals surface area (Å²) >= 11 is 0. The Morgan fingerprint density at radius 2 is 1.88 bits per heavy atom. The van der Waals surface area contributed by atoms with Crippen molar-refractivity contribution < 1.29 is 38.6 Å². The number of fused-ring (bicyclic) bond motifs is 7. The Morgan fingerprint density at radius 1 is 1.09 bits per heavy atom. The van der Waals surface area contributed by atoms with Gasteiger partial charge in [-0.2, -0.15) is 0 Å². The van der Waals surface area contributed by atoms with Gasteiger partial charge >= 0.3 is 5.97 Å². The molecular weight excluding hydrogens is 851 g/mol. The molecule has 4 aliphatic rings. The second-order valence-electron chi connectivity index (χ2n) is 19.8. The number of rotatable bonds is 9. The summed E-state index contributed by atoms with van der Waals surface area (Å²) in [5.41, 5.74) is 11.2. The minimum absolute atomic E-state index is 0.00417. The zero-order valence-corrected chi connectivity index (χ0v) is 39.9. The van der Waals surface area contributed by atoms with Gasteiger partial charge in [-0.05, 0) is 110 Å². The van der Waals surface area contributed by atoms with Crippen molar-refractivity contribution in [3.05, 3.63) is 83.7 Å². The molecule has 6 bridgehead atoms. The van der Waals surface area contributed by atoms with Crippen LogP contribution < -0.4 is 10.7 Å². The number of phenols is 1. The zero-order valence-electron chi connectivity index (χ0n) is 39.9. The molecular formula is C52H65N7O8. The highest BCUT2D eigenvalue weighted by molar-refractivity contribution is 5.96. The minimum Gasteiger partial charge on any atom is -0.508 e. The lowest BCUT2D eigenvalue weighted by Crippen LogP contribution is -2.62. The average Bonchev–Trinajstić information content (AvgIpc) is 4.05. The van der Waals surface area contributed by atoms with E-state index in [1.54, 1.807) is 31.2 Å². The van der Waals surface area contributed by atoms with E-state index in [9.17, 15) is 29.1 Å². The third kappa shape index (κ3) is 9.45. The smallest absolute Gasteiger partial charge is 0.324 e. The number of ether oxygens (including phenoxy) is 2. The number of nitrogens with zero attached hydrogens (tertiary/aromatic N) is 5. The van der Waals surface area contributed by atoms with Crippen molar-refractivity contribution in [3.63, 3.8) is 0 Å². The van der Waals surface area contributed by atoms with Gasteiger partial charge in [0.2, 0.25) is 17.7 Å². The second kappa shape index (κ2) is 19.3. The van der Waals surface area contributed by atoms with Crippen LogP contribution in [-0.4, -0.2) is 118 Å². The molecule has 15 heteroatoms. The van der Waals surface area contributed by atoms with E-state index in [1.807, 2.05) is 32.2 Å². The SMILES string of the molecule is C=CC(=O)N1CC[C@H](C(=O)N(C)[C@H](C(=O)N[C@H]2Cc3cc(O)cc(c3)-c3ccc4c(c3)c(c(-c3ccnc5c3[C@@H](OC)CC5)n4CC)CC(C)(C)COC(=O)[C@@H]3CCCN(N3)C2=O)C(C)C)C1. The van der Waals surface area contributed by atoms with Gasteiger partial charge in [-0.3, -0.25) is 34.0 Å². The van der Waals surface area contributed by atoms with Crippen LogP contribution in [0.1, 0.15) is 88.8 Å². The number of carbonyl (C=O) groups is 5. The van der Waals surface area contributed by atoms with E-state index in [1.165, 1.54) is 16.0 Å². The van der Waals surface area contributed by atoms with Crippen LogP contribution in [-0.2, 0) is 59.3 Å². The maximum atomic E-state index is 14.7. The van der Waals surface area contributed by atoms with Crippen molar-refractivity contribution in [1.82, 2.24) is 35.1 Å². The average molecular weight is 916 g/mol. The van der Waals surface area contributed by atoms with Crippen LogP contribution in [0.15, 0.2) is 61.3 Å². The van der Waals surface area contributed by atoms with Gasteiger partial charge in [-0.15, -0.1) is 0 Å². The van der Waals surface area contributed by atoms with Crippen molar-refractivity contribution in [3.8, 4) is 28.1 Å². The number of nitrogens with one attached hydrogen (secondary N) is 2. The number of hydrogen-bond donors (Lipinski definition) is 3. The number of benzene rings is 2. The first kappa shape index (κ1) is 47.4. The Kier molecular flexibility index (Phi) is 13.6. The molecule has 1 aliphatic carbocycles. The highest BCUT2D eigenvalue weighted by Gasteiger charge is 2.40. The predicted molar refractivity (Wildman–Crippen MR) is 254 cm³/mol. The highest BCUT2D eigenvalue weighted by atomic mass is 16.5. The molecule has 0 spiro atoms. The van der Waals surface area contributed by atoms with Crippen LogP contribution in [0.4, 0.5) is 0 Å². The monoisotopic (exact) mass is 915 g/mol. The van der Waals surface area contributed by atoms with Gasteiger partial charge in [-0.25, -0.2) is 5.43 Å². The number of aromatic nitrogens is 2. The number of likely N-dealkylation sites (tertiary alicyclic amines) is 1. The topological polar surface area (TPSA) is 176 Å². The lowest BCUT2D eigenvalue weighted by molar-refractivity contribution is -0.155. The number of amides is 4. The van der Waals surface area contributed by atoms with Gasteiger partial charge < -0.3 is 34.3 Å². The number of likely N-dealkylation sites (N-methyl/N-ethyl adjacent to an activating group) is 1. The second-order valence-corrected chi connectivity index (χ2v) is 19.8. The quantitative estimate of drug-likeness (QED) is 0.136. The van der Waals surface area contributed by atoms with E-state index in [2.05, 4.69) is 60.9 Å². The number of hydrogen-bond acceptors (Lipinski definition) is 10. The van der Waals surface area contributed by atoms with Crippen LogP contribution in [0.2, 0.25) is 0 Å². The number of phenolic OH excluding ortho intramolecular Hbond substituents is 1. The van der Waals surface area contributed by atoms with E-state index in [0.717, 1.165) is 62.9 Å². The van der Waals surface area contributed by atoms with Crippen LogP contribution >= 0.6 is 0 Å². The van der Waals surface area contributed by atoms with Crippen molar-refractivity contribution in [1.29, 1.82) is 0 Å². The normalized spacial score (nSPS) is 22.3. The van der Waals surface area contributed by atoms with Crippen molar-refractivity contribution >= 4 is 40.5 Å². The lowest BCUT2D eigenvalue weighted by atomic mass is 9.83. The first-order valence-corrected chi connectivity index (χ1v) is 23.7. The zero-order chi connectivity index (χ0) is 47.9. The molecule has 4 aromatic rings. The Balaban J connectivity index is 1.20. The van der Waals surface area contributed by atoms with Gasteiger partial charge in [0.15, 0.2) is 0 Å². The molecule has 67 heavy (non-hydrogen) atoms. The predicted octanol–water partition coefficient (Wildman–Crippen LogP) is 5.90. The van der Waals surface area contributed by atoms with E-state index < -0.39 is 47.2 Å². The lowest BCUT2D eigenvalue weighted by Gasteiger charge is -2.37. The molecule has 3 N–H and O–H groups in total. The summed E-state index contributed by atoms with van der Waals surface area (Å²) in [6, 6.07) is 10.7. The molecule has 356 valence electrons. The van der Waals surface area contributed by atoms with Gasteiger partial charge in [0.1, 0.15) is 23.9 Å². The number of hydrazine groups is 1. The first-order valence-electron chi connectivity index (χ1n) is 23.7. The molecule has 2 saturated heterocycles. The number of methoxy groups -OCH3 is 1. The first-order chi connectivity index (χ1) is 32.0. The maximum Gasteiger partial charge on any atom is 0.324 e. The standard InChI is InChI=1S/C52H65N7O8/c1-9-44(61)57-21-18-33(28-57)49(63)56(7)46(30(3)4)48(62)54-41-24-31-22-34(25-35(60)23-31)32-13-15-42-37(26-32)38(27-52(5,6)29-67-51(65)40-12-11-20-59(55-40)50(41)64)47(58(42)10-2)36-17-19-53-39-14-16-43(66-8)45(36)39/h9,13,15,17,19,22-23,25-26,30,33,40-41,43,46,55,60H,1,10-12,14,16,18,20-21,24,27-29H2,2-8H3,(H,54,62)/t33-,40-,41-,43-,46-/m0/s1. The van der Waals surface area contributed by atoms with E-state index in [4.69, 9.17) is 14.5 Å². The Bertz CT molecular complexity index is 2600. The molecule has 3 aliphatic heterocycles. The highest BCUT2D eigenvalue weighted by Crippen LogP contribution is 2.45. The summed E-state index contributed by atoms with van der Waals surface area (Å²) in [5.74, 6) is -2.83. The fourth-order valence-corrected chi connectivity index (χ4v) is 10.8. The number of pyridine rings is 1. The molecule has 0 unspecified atom stereocenters. The molecule has 2 fully saturated rings. The summed E-state index contributed by atoms with van der Waals surface area (Å²) in [6.07, 6.45) is 6.67. The van der Waals surface area contributed by atoms with Gasteiger partial charge in [0.05, 0.1) is 24.3 Å². The summed E-state index contributed by atoms with van der Waals surface area (Å²) in [7, 11) is 3.33. The minimum atomic E-state index is -1.16. The molecule has 4 amide bonds. The summed E-state index contributed by atoms with van der Waals surface area (Å²) in [5, 5.41) is 16.8. The fraction of sp³-hybridized carbons (Fsp3) is 0.500. The molecule has 2 aromatic carbocycles. The van der Waals surface area contributed by atoms with Gasteiger partial charge in [0.25, 0.3) is 5.91 Å². The Labute approximate surface area is 392 Å². The van der Waals surface area contributed by atoms with Crippen LogP contribution in [0, 0.1) is 17.3 Å². The molecule has 8 rings (SSSR count). The number of cyclic esters (lactones) is 1. The molecule has 0 radical (unpaired) electrons. The van der Waals surface area contributed by atoms with Crippen molar-refractivity contribution in [2.24, 2.45) is 17.3 Å². The number of esters is 1. The van der Waals surface area contributed by atoms with E-state index in [-0.39, 0.29) is 55.7 Å². The van der Waals surface area contributed by atoms with Crippen LogP contribution in [0.5, 0.6) is 5.75 Å². The third-order valence-corrected chi connectivity index (χ3v) is 14.1. The van der Waals surface area contributed by atoms with E-state index >= 15 is 0 Å². The molecule has 2 aromatic heterocycles. The molecule has 5 atom stereocenters. The largest absolute Gasteiger partial charge is 0.508 e. The maximum absolute atomic E-state index is 14.7. The number of aryl methyl sites for hydroxylation is 2. The Morgan fingerprint density at radius 3 is 2.61 bits per heavy atom.